The lowest BCUT2D eigenvalue weighted by Crippen LogP contribution is -2.12. The molecule has 0 aliphatic carbocycles. The quantitative estimate of drug-likeness (QED) is 0.746. The molecule has 3 heteroatoms. The zero-order chi connectivity index (χ0) is 14.8. The summed E-state index contributed by atoms with van der Waals surface area (Å²) in [4.78, 5) is 2.20. The number of nitrogen functional groups attached to an aromatic ring is 1. The van der Waals surface area contributed by atoms with E-state index in [1.54, 1.807) is 0 Å². The normalized spacial score (nSPS) is 15.1. The lowest BCUT2D eigenvalue weighted by atomic mass is 9.96. The number of hydrogen-bond acceptors (Lipinski definition) is 2. The van der Waals surface area contributed by atoms with Crippen LogP contribution in [0, 0.1) is 0 Å². The van der Waals surface area contributed by atoms with Crippen LogP contribution in [-0.2, 0) is 0 Å². The first-order valence-corrected chi connectivity index (χ1v) is 7.25. The summed E-state index contributed by atoms with van der Waals surface area (Å²) in [7, 11) is 4.20. The molecule has 1 aromatic carbocycles. The smallest absolute Gasteiger partial charge is 0.0525 e. The van der Waals surface area contributed by atoms with Crippen molar-refractivity contribution in [3.05, 3.63) is 59.4 Å². The van der Waals surface area contributed by atoms with E-state index >= 15 is 0 Å². The molecule has 0 spiro atoms. The molecule has 3 nitrogen and oxygen atoms in total. The summed E-state index contributed by atoms with van der Waals surface area (Å²) in [5.74, 6) is 0. The van der Waals surface area contributed by atoms with Crippen molar-refractivity contribution in [1.29, 1.82) is 0 Å². The van der Waals surface area contributed by atoms with E-state index in [-0.39, 0.29) is 0 Å². The summed E-state index contributed by atoms with van der Waals surface area (Å²) in [6.07, 6.45) is 9.67. The van der Waals surface area contributed by atoms with Gasteiger partial charge in [0.1, 0.15) is 0 Å². The Labute approximate surface area is 126 Å². The minimum absolute atomic E-state index is 0.806. The predicted molar refractivity (Wildman–Crippen MR) is 90.8 cm³/mol. The lowest BCUT2D eigenvalue weighted by molar-refractivity contribution is 0.417. The number of anilines is 1. The van der Waals surface area contributed by atoms with Crippen LogP contribution in [0.2, 0.25) is 0 Å². The standard InChI is InChI=1S/C18H21N3/c1-20(2)10-3-5-16-17-13-15(19)8-7-14(17)9-12-21-11-4-6-18(16)21/h4-9,11-13H,3,10,19H2,1-2H3/b16-5+. The molecule has 1 aliphatic heterocycles. The van der Waals surface area contributed by atoms with E-state index in [0.29, 0.717) is 0 Å². The van der Waals surface area contributed by atoms with E-state index < -0.39 is 0 Å². The SMILES string of the molecule is CN(C)CC/C=C1\c2cc(N)ccc2C=Cn2cccc21. The van der Waals surface area contributed by atoms with E-state index in [1.807, 2.05) is 6.07 Å². The Bertz CT molecular complexity index is 705. The maximum absolute atomic E-state index is 6.00. The van der Waals surface area contributed by atoms with Gasteiger partial charge in [-0.3, -0.25) is 0 Å². The molecule has 108 valence electrons. The van der Waals surface area contributed by atoms with Crippen molar-refractivity contribution in [2.24, 2.45) is 0 Å². The zero-order valence-corrected chi connectivity index (χ0v) is 12.6. The first-order chi connectivity index (χ1) is 10.1. The van der Waals surface area contributed by atoms with Gasteiger partial charge in [-0.05, 0) is 62.0 Å². The van der Waals surface area contributed by atoms with Gasteiger partial charge in [0.15, 0.2) is 0 Å². The van der Waals surface area contributed by atoms with Gasteiger partial charge in [0.05, 0.1) is 5.69 Å². The minimum atomic E-state index is 0.806. The fourth-order valence-corrected chi connectivity index (χ4v) is 2.68. The third-order valence-electron chi connectivity index (χ3n) is 3.76. The van der Waals surface area contributed by atoms with Crippen LogP contribution >= 0.6 is 0 Å². The Morgan fingerprint density at radius 2 is 2.10 bits per heavy atom. The molecule has 0 saturated heterocycles. The monoisotopic (exact) mass is 279 g/mol. The molecule has 0 atom stereocenters. The molecule has 3 rings (SSSR count). The summed E-state index contributed by atoms with van der Waals surface area (Å²) in [6.45, 7) is 1.04. The van der Waals surface area contributed by atoms with Crippen molar-refractivity contribution in [2.45, 2.75) is 6.42 Å². The molecule has 0 amide bonds. The molecule has 0 saturated carbocycles. The molecule has 2 aromatic rings. The van der Waals surface area contributed by atoms with Gasteiger partial charge in [0.2, 0.25) is 0 Å². The number of fused-ring (bicyclic) bond motifs is 2. The largest absolute Gasteiger partial charge is 0.399 e. The molecular formula is C18H21N3. The van der Waals surface area contributed by atoms with Crippen LogP contribution in [0.3, 0.4) is 0 Å². The van der Waals surface area contributed by atoms with Gasteiger partial charge < -0.3 is 15.2 Å². The Hall–Kier alpha value is -2.26. The highest BCUT2D eigenvalue weighted by molar-refractivity contribution is 5.88. The minimum Gasteiger partial charge on any atom is -0.399 e. The van der Waals surface area contributed by atoms with E-state index in [1.165, 1.54) is 22.4 Å². The number of hydrogen-bond donors (Lipinski definition) is 1. The average Bonchev–Trinajstić information content (AvgIpc) is 2.85. The van der Waals surface area contributed by atoms with Gasteiger partial charge in [-0.2, -0.15) is 0 Å². The molecule has 0 unspecified atom stereocenters. The maximum Gasteiger partial charge on any atom is 0.0525 e. The van der Waals surface area contributed by atoms with Crippen LogP contribution in [0.1, 0.15) is 23.2 Å². The first-order valence-electron chi connectivity index (χ1n) is 7.25. The van der Waals surface area contributed by atoms with Crippen LogP contribution in [0.15, 0.2) is 42.6 Å². The Morgan fingerprint density at radius 1 is 1.24 bits per heavy atom. The second kappa shape index (κ2) is 5.62. The summed E-state index contributed by atoms with van der Waals surface area (Å²) in [6, 6.07) is 10.4. The van der Waals surface area contributed by atoms with Crippen molar-refractivity contribution in [3.63, 3.8) is 0 Å². The number of rotatable bonds is 3. The van der Waals surface area contributed by atoms with Crippen molar-refractivity contribution < 1.29 is 0 Å². The summed E-state index contributed by atoms with van der Waals surface area (Å²) >= 11 is 0. The molecule has 1 aliphatic rings. The van der Waals surface area contributed by atoms with E-state index in [2.05, 4.69) is 72.4 Å². The Morgan fingerprint density at radius 3 is 2.90 bits per heavy atom. The third-order valence-corrected chi connectivity index (χ3v) is 3.76. The third kappa shape index (κ3) is 2.78. The van der Waals surface area contributed by atoms with Gasteiger partial charge in [-0.1, -0.05) is 12.1 Å². The highest BCUT2D eigenvalue weighted by atomic mass is 15.0. The summed E-state index contributed by atoms with van der Waals surface area (Å²) < 4.78 is 2.16. The molecule has 21 heavy (non-hydrogen) atoms. The maximum atomic E-state index is 6.00. The van der Waals surface area contributed by atoms with Crippen molar-refractivity contribution in [2.75, 3.05) is 26.4 Å². The van der Waals surface area contributed by atoms with Gasteiger partial charge >= 0.3 is 0 Å². The van der Waals surface area contributed by atoms with Gasteiger partial charge in [-0.15, -0.1) is 0 Å². The average molecular weight is 279 g/mol. The van der Waals surface area contributed by atoms with Gasteiger partial charge in [-0.25, -0.2) is 0 Å². The fourth-order valence-electron chi connectivity index (χ4n) is 2.68. The van der Waals surface area contributed by atoms with Crippen LogP contribution in [0.4, 0.5) is 5.69 Å². The first kappa shape index (κ1) is 13.7. The molecule has 2 heterocycles. The van der Waals surface area contributed by atoms with Crippen molar-refractivity contribution in [1.82, 2.24) is 9.47 Å². The van der Waals surface area contributed by atoms with Gasteiger partial charge in [0, 0.05) is 30.2 Å². The Kier molecular flexibility index (Phi) is 3.67. The molecule has 0 bridgehead atoms. The van der Waals surface area contributed by atoms with Crippen LogP contribution < -0.4 is 5.73 Å². The van der Waals surface area contributed by atoms with Crippen LogP contribution in [0.5, 0.6) is 0 Å². The van der Waals surface area contributed by atoms with Crippen molar-refractivity contribution in [3.8, 4) is 0 Å². The highest BCUT2D eigenvalue weighted by Gasteiger charge is 2.14. The van der Waals surface area contributed by atoms with Crippen LogP contribution in [-0.4, -0.2) is 30.1 Å². The second-order valence-corrected chi connectivity index (χ2v) is 5.67. The lowest BCUT2D eigenvalue weighted by Gasteiger charge is -2.12. The number of nitrogens with two attached hydrogens (primary N) is 1. The van der Waals surface area contributed by atoms with Gasteiger partial charge in [0.25, 0.3) is 0 Å². The highest BCUT2D eigenvalue weighted by Crippen LogP contribution is 2.32. The van der Waals surface area contributed by atoms with Crippen molar-refractivity contribution >= 4 is 23.5 Å². The number of nitrogens with zero attached hydrogens (tertiary/aromatic N) is 2. The topological polar surface area (TPSA) is 34.2 Å². The van der Waals surface area contributed by atoms with Crippen LogP contribution in [0.25, 0.3) is 17.8 Å². The Balaban J connectivity index is 2.09. The van der Waals surface area contributed by atoms with E-state index in [0.717, 1.165) is 18.7 Å². The zero-order valence-electron chi connectivity index (χ0n) is 12.6. The summed E-state index contributed by atoms with van der Waals surface area (Å²) in [5.41, 5.74) is 11.7. The number of aromatic nitrogens is 1. The molecule has 2 N–H and O–H groups in total. The molecule has 0 radical (unpaired) electrons. The molecular weight excluding hydrogens is 258 g/mol. The van der Waals surface area contributed by atoms with E-state index in [4.69, 9.17) is 5.73 Å². The summed E-state index contributed by atoms with van der Waals surface area (Å²) in [5, 5.41) is 0. The number of benzene rings is 1. The second-order valence-electron chi connectivity index (χ2n) is 5.67. The molecule has 1 aromatic heterocycles. The fraction of sp³-hybridized carbons (Fsp3) is 0.222. The molecule has 0 fully saturated rings. The van der Waals surface area contributed by atoms with E-state index in [9.17, 15) is 0 Å². The predicted octanol–water partition coefficient (Wildman–Crippen LogP) is 3.40.